The molecule has 4 rings (SSSR count). The third kappa shape index (κ3) is 2.52. The first-order valence-corrected chi connectivity index (χ1v) is 8.15. The van der Waals surface area contributed by atoms with Crippen LogP contribution < -0.4 is 0 Å². The van der Waals surface area contributed by atoms with E-state index in [0.29, 0.717) is 11.1 Å². The highest BCUT2D eigenvalue weighted by Crippen LogP contribution is 2.36. The zero-order valence-corrected chi connectivity index (χ0v) is 14.4. The zero-order chi connectivity index (χ0) is 18.3. The lowest BCUT2D eigenvalue weighted by atomic mass is 9.97. The van der Waals surface area contributed by atoms with Crippen LogP contribution in [0.15, 0.2) is 55.0 Å². The van der Waals surface area contributed by atoms with Gasteiger partial charge >= 0.3 is 0 Å². The van der Waals surface area contributed by atoms with Crippen LogP contribution in [-0.2, 0) is 7.05 Å². The molecule has 0 aliphatic heterocycles. The first kappa shape index (κ1) is 16.0. The number of benzene rings is 2. The average molecular weight is 342 g/mol. The first-order valence-electron chi connectivity index (χ1n) is 8.15. The molecule has 4 aromatic rings. The molecule has 0 atom stereocenters. The van der Waals surface area contributed by atoms with Gasteiger partial charge in [-0.1, -0.05) is 6.07 Å². The standard InChI is InChI=1S/C21H15FN4/c1-13-9-14(11-23)3-5-16(13)20-21(26(2)12-25-20)18-7-8-24-19-10-15(22)4-6-17(18)19/h3-10,12H,1-2H3. The second kappa shape index (κ2) is 6.08. The minimum Gasteiger partial charge on any atom is -0.333 e. The normalized spacial score (nSPS) is 10.8. The van der Waals surface area contributed by atoms with Crippen LogP contribution in [0.4, 0.5) is 4.39 Å². The van der Waals surface area contributed by atoms with E-state index < -0.39 is 0 Å². The summed E-state index contributed by atoms with van der Waals surface area (Å²) in [6.07, 6.45) is 3.44. The number of halogens is 1. The van der Waals surface area contributed by atoms with Gasteiger partial charge in [-0.05, 0) is 42.8 Å². The summed E-state index contributed by atoms with van der Waals surface area (Å²) < 4.78 is 15.5. The number of imidazole rings is 1. The number of aryl methyl sites for hydroxylation is 2. The lowest BCUT2D eigenvalue weighted by Gasteiger charge is -2.11. The Morgan fingerprint density at radius 3 is 2.65 bits per heavy atom. The fourth-order valence-corrected chi connectivity index (χ4v) is 3.27. The molecular weight excluding hydrogens is 327 g/mol. The highest BCUT2D eigenvalue weighted by Gasteiger charge is 2.17. The molecule has 2 heterocycles. The van der Waals surface area contributed by atoms with Crippen molar-refractivity contribution in [3.05, 3.63) is 71.9 Å². The summed E-state index contributed by atoms with van der Waals surface area (Å²) in [4.78, 5) is 8.87. The summed E-state index contributed by atoms with van der Waals surface area (Å²) >= 11 is 0. The number of rotatable bonds is 2. The summed E-state index contributed by atoms with van der Waals surface area (Å²) in [7, 11) is 1.93. The molecule has 0 aliphatic carbocycles. The number of hydrogen-bond acceptors (Lipinski definition) is 3. The van der Waals surface area contributed by atoms with Gasteiger partial charge in [0.15, 0.2) is 0 Å². The Labute approximate surface area is 150 Å². The molecule has 0 radical (unpaired) electrons. The molecule has 0 aliphatic rings. The highest BCUT2D eigenvalue weighted by molar-refractivity contribution is 5.97. The molecule has 2 aromatic heterocycles. The van der Waals surface area contributed by atoms with Crippen molar-refractivity contribution in [2.24, 2.45) is 7.05 Å². The van der Waals surface area contributed by atoms with Crippen molar-refractivity contribution in [3.8, 4) is 28.6 Å². The molecule has 126 valence electrons. The fourth-order valence-electron chi connectivity index (χ4n) is 3.27. The van der Waals surface area contributed by atoms with Gasteiger partial charge in [0.1, 0.15) is 5.82 Å². The van der Waals surface area contributed by atoms with Gasteiger partial charge in [-0.2, -0.15) is 5.26 Å². The van der Waals surface area contributed by atoms with Crippen LogP contribution in [0.2, 0.25) is 0 Å². The smallest absolute Gasteiger partial charge is 0.125 e. The van der Waals surface area contributed by atoms with Crippen LogP contribution in [0, 0.1) is 24.1 Å². The molecule has 5 heteroatoms. The van der Waals surface area contributed by atoms with Gasteiger partial charge in [-0.25, -0.2) is 9.37 Å². The predicted octanol–water partition coefficient (Wildman–Crippen LogP) is 4.62. The fraction of sp³-hybridized carbons (Fsp3) is 0.0952. The minimum atomic E-state index is -0.310. The van der Waals surface area contributed by atoms with E-state index in [0.717, 1.165) is 33.5 Å². The van der Waals surface area contributed by atoms with Crippen molar-refractivity contribution in [2.75, 3.05) is 0 Å². The van der Waals surface area contributed by atoms with Gasteiger partial charge in [0.25, 0.3) is 0 Å². The van der Waals surface area contributed by atoms with Gasteiger partial charge in [0, 0.05) is 35.8 Å². The summed E-state index contributed by atoms with van der Waals surface area (Å²) in [6, 6.07) is 14.3. The van der Waals surface area contributed by atoms with Crippen molar-refractivity contribution in [2.45, 2.75) is 6.92 Å². The third-order valence-corrected chi connectivity index (χ3v) is 4.51. The van der Waals surface area contributed by atoms with E-state index in [2.05, 4.69) is 16.0 Å². The minimum absolute atomic E-state index is 0.310. The predicted molar refractivity (Wildman–Crippen MR) is 98.8 cm³/mol. The van der Waals surface area contributed by atoms with Crippen LogP contribution >= 0.6 is 0 Å². The Balaban J connectivity index is 1.98. The Kier molecular flexibility index (Phi) is 3.74. The van der Waals surface area contributed by atoms with Crippen molar-refractivity contribution in [1.29, 1.82) is 5.26 Å². The Morgan fingerprint density at radius 1 is 1.04 bits per heavy atom. The van der Waals surface area contributed by atoms with E-state index >= 15 is 0 Å². The van der Waals surface area contributed by atoms with E-state index in [-0.39, 0.29) is 5.82 Å². The summed E-state index contributed by atoms with van der Waals surface area (Å²) in [6.45, 7) is 1.97. The van der Waals surface area contributed by atoms with Crippen LogP contribution in [0.1, 0.15) is 11.1 Å². The summed E-state index contributed by atoms with van der Waals surface area (Å²) in [5, 5.41) is 9.96. The summed E-state index contributed by atoms with van der Waals surface area (Å²) in [5.74, 6) is -0.310. The molecule has 2 aromatic carbocycles. The molecule has 0 bridgehead atoms. The highest BCUT2D eigenvalue weighted by atomic mass is 19.1. The molecule has 0 amide bonds. The van der Waals surface area contributed by atoms with Gasteiger partial charge in [0.2, 0.25) is 0 Å². The van der Waals surface area contributed by atoms with Crippen molar-refractivity contribution < 1.29 is 4.39 Å². The monoisotopic (exact) mass is 342 g/mol. The first-order chi connectivity index (χ1) is 12.6. The number of aromatic nitrogens is 3. The number of hydrogen-bond donors (Lipinski definition) is 0. The molecule has 26 heavy (non-hydrogen) atoms. The molecular formula is C21H15FN4. The van der Waals surface area contributed by atoms with Crippen molar-refractivity contribution >= 4 is 10.9 Å². The number of fused-ring (bicyclic) bond motifs is 1. The van der Waals surface area contributed by atoms with Crippen LogP contribution in [0.25, 0.3) is 33.4 Å². The molecule has 0 unspecified atom stereocenters. The molecule has 0 spiro atoms. The molecule has 0 N–H and O–H groups in total. The largest absolute Gasteiger partial charge is 0.333 e. The maximum atomic E-state index is 13.6. The Hall–Kier alpha value is -3.52. The van der Waals surface area contributed by atoms with E-state index in [4.69, 9.17) is 5.26 Å². The molecule has 0 fully saturated rings. The van der Waals surface area contributed by atoms with Crippen LogP contribution in [0.3, 0.4) is 0 Å². The quantitative estimate of drug-likeness (QED) is 0.534. The molecule has 0 saturated heterocycles. The van der Waals surface area contributed by atoms with Crippen LogP contribution in [-0.4, -0.2) is 14.5 Å². The topological polar surface area (TPSA) is 54.5 Å². The second-order valence-corrected chi connectivity index (χ2v) is 6.21. The Morgan fingerprint density at radius 2 is 1.88 bits per heavy atom. The lowest BCUT2D eigenvalue weighted by Crippen LogP contribution is -1.95. The average Bonchev–Trinajstić information content (AvgIpc) is 3.01. The summed E-state index contributed by atoms with van der Waals surface area (Å²) in [5.41, 5.74) is 5.86. The van der Waals surface area contributed by atoms with Crippen LogP contribution in [0.5, 0.6) is 0 Å². The van der Waals surface area contributed by atoms with Gasteiger partial charge in [-0.3, -0.25) is 4.98 Å². The van der Waals surface area contributed by atoms with E-state index in [9.17, 15) is 4.39 Å². The lowest BCUT2D eigenvalue weighted by molar-refractivity contribution is 0.629. The number of nitrogens with zero attached hydrogens (tertiary/aromatic N) is 4. The van der Waals surface area contributed by atoms with Gasteiger partial charge in [-0.15, -0.1) is 0 Å². The van der Waals surface area contributed by atoms with E-state index in [1.807, 2.05) is 36.7 Å². The third-order valence-electron chi connectivity index (χ3n) is 4.51. The molecule has 0 saturated carbocycles. The zero-order valence-electron chi connectivity index (χ0n) is 14.4. The molecule has 4 nitrogen and oxygen atoms in total. The maximum absolute atomic E-state index is 13.6. The van der Waals surface area contributed by atoms with Gasteiger partial charge in [0.05, 0.1) is 34.9 Å². The van der Waals surface area contributed by atoms with E-state index in [1.54, 1.807) is 24.7 Å². The van der Waals surface area contributed by atoms with Crippen molar-refractivity contribution in [1.82, 2.24) is 14.5 Å². The number of nitriles is 1. The van der Waals surface area contributed by atoms with E-state index in [1.165, 1.54) is 12.1 Å². The number of pyridine rings is 1. The second-order valence-electron chi connectivity index (χ2n) is 6.21. The van der Waals surface area contributed by atoms with Gasteiger partial charge < -0.3 is 4.57 Å². The SMILES string of the molecule is Cc1cc(C#N)ccc1-c1ncn(C)c1-c1ccnc2cc(F)ccc12. The maximum Gasteiger partial charge on any atom is 0.125 e. The van der Waals surface area contributed by atoms with Crippen molar-refractivity contribution in [3.63, 3.8) is 0 Å². The Bertz CT molecular complexity index is 1180.